The summed E-state index contributed by atoms with van der Waals surface area (Å²) in [4.78, 5) is 24.0. The highest BCUT2D eigenvalue weighted by atomic mass is 35.5. The molecule has 0 aliphatic rings. The van der Waals surface area contributed by atoms with E-state index in [0.717, 1.165) is 11.3 Å². The molecule has 9 heteroatoms. The van der Waals surface area contributed by atoms with Crippen LogP contribution >= 0.6 is 11.6 Å². The lowest BCUT2D eigenvalue weighted by molar-refractivity contribution is -0.140. The summed E-state index contributed by atoms with van der Waals surface area (Å²) in [5.74, 6) is -1.52. The second kappa shape index (κ2) is 7.85. The van der Waals surface area contributed by atoms with Crippen molar-refractivity contribution in [1.82, 2.24) is 19.6 Å². The molecular formula is C19H20ClN5O3. The third-order valence-corrected chi connectivity index (χ3v) is 4.89. The van der Waals surface area contributed by atoms with Crippen LogP contribution in [0.2, 0.25) is 5.02 Å². The van der Waals surface area contributed by atoms with Gasteiger partial charge >= 0.3 is 5.97 Å². The molecule has 1 atom stereocenters. The van der Waals surface area contributed by atoms with Crippen molar-refractivity contribution in [2.75, 3.05) is 5.32 Å². The van der Waals surface area contributed by atoms with E-state index in [0.29, 0.717) is 22.9 Å². The summed E-state index contributed by atoms with van der Waals surface area (Å²) in [5.41, 5.74) is 3.07. The third kappa shape index (κ3) is 3.77. The Hall–Kier alpha value is -3.13. The maximum absolute atomic E-state index is 12.7. The van der Waals surface area contributed by atoms with E-state index in [1.807, 2.05) is 31.2 Å². The second-order valence-corrected chi connectivity index (χ2v) is 6.83. The molecule has 2 aromatic heterocycles. The Kier molecular flexibility index (Phi) is 5.51. The Labute approximate surface area is 166 Å². The molecule has 0 aliphatic heterocycles. The van der Waals surface area contributed by atoms with Crippen LogP contribution in [0.1, 0.15) is 40.4 Å². The van der Waals surface area contributed by atoms with Crippen LogP contribution in [-0.2, 0) is 11.3 Å². The first-order chi connectivity index (χ1) is 13.3. The SMILES string of the molecule is Cc1nn(Cc2ccccc2Cl)c(C)c1NC(=O)c1ccnn1C(C)C(=O)O. The quantitative estimate of drug-likeness (QED) is 0.659. The molecule has 3 aromatic rings. The zero-order valence-corrected chi connectivity index (χ0v) is 16.4. The molecular weight excluding hydrogens is 382 g/mol. The van der Waals surface area contributed by atoms with Crippen molar-refractivity contribution >= 4 is 29.2 Å². The van der Waals surface area contributed by atoms with Gasteiger partial charge in [-0.2, -0.15) is 10.2 Å². The molecule has 1 unspecified atom stereocenters. The maximum Gasteiger partial charge on any atom is 0.328 e. The summed E-state index contributed by atoms with van der Waals surface area (Å²) in [7, 11) is 0. The number of carboxylic acid groups (broad SMARTS) is 1. The van der Waals surface area contributed by atoms with Crippen molar-refractivity contribution in [3.05, 3.63) is 64.2 Å². The number of carbonyl (C=O) groups excluding carboxylic acids is 1. The smallest absolute Gasteiger partial charge is 0.328 e. The number of aliphatic carboxylic acids is 1. The van der Waals surface area contributed by atoms with E-state index in [9.17, 15) is 14.7 Å². The van der Waals surface area contributed by atoms with Gasteiger partial charge < -0.3 is 10.4 Å². The molecule has 1 aromatic carbocycles. The minimum Gasteiger partial charge on any atom is -0.480 e. The van der Waals surface area contributed by atoms with Crippen molar-refractivity contribution in [2.24, 2.45) is 0 Å². The average molecular weight is 402 g/mol. The molecule has 3 rings (SSSR count). The molecule has 28 heavy (non-hydrogen) atoms. The zero-order valence-electron chi connectivity index (χ0n) is 15.7. The summed E-state index contributed by atoms with van der Waals surface area (Å²) in [5, 5.41) is 21.1. The maximum atomic E-state index is 12.7. The molecule has 2 N–H and O–H groups in total. The number of rotatable bonds is 6. The van der Waals surface area contributed by atoms with Crippen LogP contribution in [-0.4, -0.2) is 36.5 Å². The lowest BCUT2D eigenvalue weighted by Gasteiger charge is -2.12. The highest BCUT2D eigenvalue weighted by Gasteiger charge is 2.23. The number of hydrogen-bond donors (Lipinski definition) is 2. The number of aromatic nitrogens is 4. The number of benzene rings is 1. The first-order valence-electron chi connectivity index (χ1n) is 8.64. The van der Waals surface area contributed by atoms with Crippen LogP contribution in [0.5, 0.6) is 0 Å². The lowest BCUT2D eigenvalue weighted by Crippen LogP contribution is -2.24. The molecule has 1 amide bonds. The largest absolute Gasteiger partial charge is 0.480 e. The molecule has 2 heterocycles. The van der Waals surface area contributed by atoms with E-state index in [4.69, 9.17) is 11.6 Å². The standard InChI is InChI=1S/C19H20ClN5O3/c1-11-17(12(2)24(23-11)10-14-6-4-5-7-15(14)20)22-18(26)16-8-9-21-25(16)13(3)19(27)28/h4-9,13H,10H2,1-3H3,(H,22,26)(H,27,28). The monoisotopic (exact) mass is 401 g/mol. The third-order valence-electron chi connectivity index (χ3n) is 4.53. The van der Waals surface area contributed by atoms with Gasteiger partial charge in [-0.3, -0.25) is 9.48 Å². The van der Waals surface area contributed by atoms with Crippen molar-refractivity contribution in [1.29, 1.82) is 0 Å². The summed E-state index contributed by atoms with van der Waals surface area (Å²) in [6.07, 6.45) is 1.40. The predicted molar refractivity (Wildman–Crippen MR) is 105 cm³/mol. The molecule has 0 spiro atoms. The minimum absolute atomic E-state index is 0.160. The molecule has 146 valence electrons. The van der Waals surface area contributed by atoms with E-state index < -0.39 is 17.9 Å². The number of carboxylic acids is 1. The van der Waals surface area contributed by atoms with E-state index in [1.165, 1.54) is 23.9 Å². The zero-order chi connectivity index (χ0) is 20.4. The van der Waals surface area contributed by atoms with E-state index in [-0.39, 0.29) is 5.69 Å². The van der Waals surface area contributed by atoms with Gasteiger partial charge in [0.1, 0.15) is 11.7 Å². The van der Waals surface area contributed by atoms with Crippen LogP contribution < -0.4 is 5.32 Å². The first kappa shape index (κ1) is 19.6. The number of aryl methyl sites for hydroxylation is 1. The topological polar surface area (TPSA) is 102 Å². The van der Waals surface area contributed by atoms with Gasteiger partial charge in [0.15, 0.2) is 0 Å². The fourth-order valence-corrected chi connectivity index (χ4v) is 3.10. The predicted octanol–water partition coefficient (Wildman–Crippen LogP) is 3.30. The average Bonchev–Trinajstić information content (AvgIpc) is 3.24. The number of carbonyl (C=O) groups is 2. The number of nitrogens with one attached hydrogen (secondary N) is 1. The summed E-state index contributed by atoms with van der Waals surface area (Å²) in [6, 6.07) is 8.02. The van der Waals surface area contributed by atoms with Crippen molar-refractivity contribution < 1.29 is 14.7 Å². The number of amides is 1. The molecule has 0 aliphatic carbocycles. The first-order valence-corrected chi connectivity index (χ1v) is 9.02. The van der Waals surface area contributed by atoms with Crippen molar-refractivity contribution in [3.8, 4) is 0 Å². The van der Waals surface area contributed by atoms with Crippen LogP contribution in [0.3, 0.4) is 0 Å². The van der Waals surface area contributed by atoms with Crippen molar-refractivity contribution in [2.45, 2.75) is 33.4 Å². The molecule has 0 saturated heterocycles. The van der Waals surface area contributed by atoms with Crippen molar-refractivity contribution in [3.63, 3.8) is 0 Å². The Bertz CT molecular complexity index is 1040. The van der Waals surface area contributed by atoms with E-state index in [2.05, 4.69) is 15.5 Å². The van der Waals surface area contributed by atoms with Crippen LogP contribution in [0.25, 0.3) is 0 Å². The Morgan fingerprint density at radius 2 is 1.96 bits per heavy atom. The highest BCUT2D eigenvalue weighted by molar-refractivity contribution is 6.31. The van der Waals surface area contributed by atoms with Crippen LogP contribution in [0.15, 0.2) is 36.5 Å². The van der Waals surface area contributed by atoms with E-state index in [1.54, 1.807) is 11.6 Å². The van der Waals surface area contributed by atoms with Gasteiger partial charge in [0.25, 0.3) is 5.91 Å². The molecule has 8 nitrogen and oxygen atoms in total. The Balaban J connectivity index is 1.85. The molecule has 0 fully saturated rings. The van der Waals surface area contributed by atoms with Gasteiger partial charge in [-0.25, -0.2) is 9.48 Å². The second-order valence-electron chi connectivity index (χ2n) is 6.42. The van der Waals surface area contributed by atoms with Crippen LogP contribution in [0, 0.1) is 13.8 Å². The fraction of sp³-hybridized carbons (Fsp3) is 0.263. The minimum atomic E-state index is -1.07. The molecule has 0 bridgehead atoms. The highest BCUT2D eigenvalue weighted by Crippen LogP contribution is 2.23. The fourth-order valence-electron chi connectivity index (χ4n) is 2.90. The van der Waals surface area contributed by atoms with Gasteiger partial charge in [0, 0.05) is 11.2 Å². The lowest BCUT2D eigenvalue weighted by atomic mass is 10.2. The number of nitrogens with zero attached hydrogens (tertiary/aromatic N) is 4. The van der Waals surface area contributed by atoms with Gasteiger partial charge in [-0.15, -0.1) is 0 Å². The van der Waals surface area contributed by atoms with Gasteiger partial charge in [0.2, 0.25) is 0 Å². The number of hydrogen-bond acceptors (Lipinski definition) is 4. The number of halogens is 1. The number of anilines is 1. The van der Waals surface area contributed by atoms with Gasteiger partial charge in [-0.1, -0.05) is 29.8 Å². The van der Waals surface area contributed by atoms with Crippen LogP contribution in [0.4, 0.5) is 5.69 Å². The molecule has 0 saturated carbocycles. The van der Waals surface area contributed by atoms with Gasteiger partial charge in [0.05, 0.1) is 23.6 Å². The van der Waals surface area contributed by atoms with E-state index >= 15 is 0 Å². The van der Waals surface area contributed by atoms with Gasteiger partial charge in [-0.05, 0) is 38.5 Å². The summed E-state index contributed by atoms with van der Waals surface area (Å²) in [6.45, 7) is 5.58. The molecule has 0 radical (unpaired) electrons. The normalized spacial score (nSPS) is 12.0. The Morgan fingerprint density at radius 3 is 2.64 bits per heavy atom. The summed E-state index contributed by atoms with van der Waals surface area (Å²) < 4.78 is 2.94. The summed E-state index contributed by atoms with van der Waals surface area (Å²) >= 11 is 6.23. The Morgan fingerprint density at radius 1 is 1.25 bits per heavy atom.